The summed E-state index contributed by atoms with van der Waals surface area (Å²) < 4.78 is 0. The molecule has 0 saturated carbocycles. The van der Waals surface area contributed by atoms with E-state index in [4.69, 9.17) is 5.11 Å². The van der Waals surface area contributed by atoms with Crippen molar-refractivity contribution in [2.75, 3.05) is 11.9 Å². The maximum absolute atomic E-state index is 11.4. The molecule has 1 aromatic heterocycles. The normalized spacial score (nSPS) is 12.1. The van der Waals surface area contributed by atoms with E-state index in [1.54, 1.807) is 0 Å². The molecular weight excluding hydrogens is 258 g/mol. The minimum atomic E-state index is -0.750. The number of nitrogens with zero attached hydrogens (tertiary/aromatic N) is 1. The second kappa shape index (κ2) is 8.35. The van der Waals surface area contributed by atoms with E-state index in [1.807, 2.05) is 6.92 Å². The van der Waals surface area contributed by atoms with Crippen molar-refractivity contribution in [1.82, 2.24) is 9.97 Å². The lowest BCUT2D eigenvalue weighted by Gasteiger charge is -2.14. The van der Waals surface area contributed by atoms with E-state index in [0.717, 1.165) is 12.8 Å². The molecule has 1 aromatic rings. The fourth-order valence-corrected chi connectivity index (χ4v) is 2.05. The van der Waals surface area contributed by atoms with Gasteiger partial charge in [0.25, 0.3) is 5.56 Å². The number of aliphatic carboxylic acids is 1. The molecular formula is C14H23N3O3. The third-order valence-corrected chi connectivity index (χ3v) is 3.33. The molecule has 0 aliphatic carbocycles. The second-order valence-corrected chi connectivity index (χ2v) is 4.85. The maximum atomic E-state index is 11.4. The number of carboxylic acids is 1. The summed E-state index contributed by atoms with van der Waals surface area (Å²) in [5, 5.41) is 11.8. The van der Waals surface area contributed by atoms with Crippen LogP contribution >= 0.6 is 0 Å². The summed E-state index contributed by atoms with van der Waals surface area (Å²) in [5.41, 5.74) is -0.155. The second-order valence-electron chi connectivity index (χ2n) is 4.85. The van der Waals surface area contributed by atoms with Crippen LogP contribution in [0.25, 0.3) is 0 Å². The lowest BCUT2D eigenvalue weighted by Crippen LogP contribution is -2.15. The fraction of sp³-hybridized carbons (Fsp3) is 0.643. The van der Waals surface area contributed by atoms with Crippen molar-refractivity contribution >= 4 is 11.8 Å². The first-order chi connectivity index (χ1) is 9.55. The van der Waals surface area contributed by atoms with E-state index in [0.29, 0.717) is 36.9 Å². The number of nitrogens with one attached hydrogen (secondary N) is 2. The molecule has 0 radical (unpaired) electrons. The summed E-state index contributed by atoms with van der Waals surface area (Å²) in [6.07, 6.45) is 3.41. The number of hydrogen-bond donors (Lipinski definition) is 3. The number of rotatable bonds is 9. The Kier molecular flexibility index (Phi) is 6.76. The first-order valence-corrected chi connectivity index (χ1v) is 7.11. The van der Waals surface area contributed by atoms with Gasteiger partial charge in [0, 0.05) is 25.5 Å². The number of carboxylic acid groups (broad SMARTS) is 1. The third kappa shape index (κ3) is 5.86. The van der Waals surface area contributed by atoms with Crippen LogP contribution in [0.3, 0.4) is 0 Å². The molecule has 1 unspecified atom stereocenters. The quantitative estimate of drug-likeness (QED) is 0.643. The van der Waals surface area contributed by atoms with Gasteiger partial charge in [-0.1, -0.05) is 20.3 Å². The van der Waals surface area contributed by atoms with E-state index >= 15 is 0 Å². The highest BCUT2D eigenvalue weighted by Crippen LogP contribution is 2.15. The molecule has 0 spiro atoms. The highest BCUT2D eigenvalue weighted by atomic mass is 16.4. The van der Waals surface area contributed by atoms with Crippen LogP contribution in [-0.4, -0.2) is 27.6 Å². The molecule has 6 nitrogen and oxygen atoms in total. The van der Waals surface area contributed by atoms with Crippen LogP contribution in [0.5, 0.6) is 0 Å². The van der Waals surface area contributed by atoms with Crippen molar-refractivity contribution in [3.8, 4) is 0 Å². The highest BCUT2D eigenvalue weighted by molar-refractivity contribution is 5.66. The van der Waals surface area contributed by atoms with Gasteiger partial charge in [-0.05, 0) is 18.8 Å². The van der Waals surface area contributed by atoms with E-state index in [2.05, 4.69) is 22.2 Å². The maximum Gasteiger partial charge on any atom is 0.303 e. The van der Waals surface area contributed by atoms with Gasteiger partial charge in [-0.25, -0.2) is 4.98 Å². The molecule has 20 heavy (non-hydrogen) atoms. The van der Waals surface area contributed by atoms with Gasteiger partial charge in [0.05, 0.1) is 0 Å². The van der Waals surface area contributed by atoms with Crippen LogP contribution in [-0.2, 0) is 11.2 Å². The standard InChI is InChI=1S/C14H23N3O3/c1-3-10(5-6-14(19)20)7-8-15-12-9-13(18)17-11(4-2)16-12/h9-10H,3-8H2,1-2H3,(H,19,20)(H2,15,16,17,18). The number of carbonyl (C=O) groups is 1. The summed E-state index contributed by atoms with van der Waals surface area (Å²) in [7, 11) is 0. The van der Waals surface area contributed by atoms with Gasteiger partial charge >= 0.3 is 5.97 Å². The molecule has 6 heteroatoms. The minimum Gasteiger partial charge on any atom is -0.481 e. The summed E-state index contributed by atoms with van der Waals surface area (Å²) in [5.74, 6) is 0.878. The van der Waals surface area contributed by atoms with Crippen LogP contribution in [0.15, 0.2) is 10.9 Å². The molecule has 3 N–H and O–H groups in total. The van der Waals surface area contributed by atoms with Crippen LogP contribution < -0.4 is 10.9 Å². The molecule has 1 atom stereocenters. The van der Waals surface area contributed by atoms with Gasteiger partial charge < -0.3 is 15.4 Å². The van der Waals surface area contributed by atoms with Crippen LogP contribution in [0, 0.1) is 5.92 Å². The zero-order chi connectivity index (χ0) is 15.0. The van der Waals surface area contributed by atoms with Crippen molar-refractivity contribution in [3.63, 3.8) is 0 Å². The van der Waals surface area contributed by atoms with Crippen LogP contribution in [0.2, 0.25) is 0 Å². The molecule has 0 aliphatic heterocycles. The summed E-state index contributed by atoms with van der Waals surface area (Å²) >= 11 is 0. The Hall–Kier alpha value is -1.85. The zero-order valence-electron chi connectivity index (χ0n) is 12.1. The Balaban J connectivity index is 2.44. The minimum absolute atomic E-state index is 0.155. The van der Waals surface area contributed by atoms with Crippen LogP contribution in [0.4, 0.5) is 5.82 Å². The Morgan fingerprint density at radius 1 is 1.45 bits per heavy atom. The van der Waals surface area contributed by atoms with Gasteiger partial charge in [-0.15, -0.1) is 0 Å². The Morgan fingerprint density at radius 3 is 2.80 bits per heavy atom. The first-order valence-electron chi connectivity index (χ1n) is 7.11. The number of anilines is 1. The zero-order valence-corrected chi connectivity index (χ0v) is 12.1. The van der Waals surface area contributed by atoms with Gasteiger partial charge in [-0.3, -0.25) is 9.59 Å². The highest BCUT2D eigenvalue weighted by Gasteiger charge is 2.09. The SMILES string of the molecule is CCc1nc(NCCC(CC)CCC(=O)O)cc(=O)[nH]1. The molecule has 1 rings (SSSR count). The fourth-order valence-electron chi connectivity index (χ4n) is 2.05. The lowest BCUT2D eigenvalue weighted by molar-refractivity contribution is -0.137. The number of aryl methyl sites for hydroxylation is 1. The average Bonchev–Trinajstić information content (AvgIpc) is 2.41. The summed E-state index contributed by atoms with van der Waals surface area (Å²) in [4.78, 5) is 28.9. The van der Waals surface area contributed by atoms with Gasteiger partial charge in [0.15, 0.2) is 0 Å². The number of H-pyrrole nitrogens is 1. The predicted molar refractivity (Wildman–Crippen MR) is 78.0 cm³/mol. The molecule has 0 amide bonds. The largest absolute Gasteiger partial charge is 0.481 e. The summed E-state index contributed by atoms with van der Waals surface area (Å²) in [6, 6.07) is 1.44. The lowest BCUT2D eigenvalue weighted by atomic mass is 9.97. The van der Waals surface area contributed by atoms with Gasteiger partial charge in [0.2, 0.25) is 0 Å². The van der Waals surface area contributed by atoms with Crippen molar-refractivity contribution < 1.29 is 9.90 Å². The molecule has 0 bridgehead atoms. The average molecular weight is 281 g/mol. The van der Waals surface area contributed by atoms with Crippen molar-refractivity contribution in [1.29, 1.82) is 0 Å². The van der Waals surface area contributed by atoms with E-state index in [-0.39, 0.29) is 12.0 Å². The third-order valence-electron chi connectivity index (χ3n) is 3.33. The Bertz CT molecular complexity index is 485. The van der Waals surface area contributed by atoms with Crippen molar-refractivity contribution in [3.05, 3.63) is 22.2 Å². The number of aromatic nitrogens is 2. The van der Waals surface area contributed by atoms with Crippen molar-refractivity contribution in [2.24, 2.45) is 5.92 Å². The molecule has 0 aromatic carbocycles. The molecule has 1 heterocycles. The van der Waals surface area contributed by atoms with Crippen LogP contribution in [0.1, 0.15) is 45.4 Å². The van der Waals surface area contributed by atoms with E-state index in [1.165, 1.54) is 6.07 Å². The van der Waals surface area contributed by atoms with E-state index < -0.39 is 5.97 Å². The van der Waals surface area contributed by atoms with E-state index in [9.17, 15) is 9.59 Å². The Labute approximate surface area is 118 Å². The molecule has 0 fully saturated rings. The molecule has 112 valence electrons. The summed E-state index contributed by atoms with van der Waals surface area (Å²) in [6.45, 7) is 4.69. The number of aromatic amines is 1. The van der Waals surface area contributed by atoms with Gasteiger partial charge in [-0.2, -0.15) is 0 Å². The first kappa shape index (κ1) is 16.2. The monoisotopic (exact) mass is 281 g/mol. The molecule has 0 saturated heterocycles. The number of hydrogen-bond acceptors (Lipinski definition) is 4. The Morgan fingerprint density at radius 2 is 2.20 bits per heavy atom. The topological polar surface area (TPSA) is 95.1 Å². The van der Waals surface area contributed by atoms with Gasteiger partial charge in [0.1, 0.15) is 11.6 Å². The van der Waals surface area contributed by atoms with Crippen molar-refractivity contribution in [2.45, 2.75) is 46.0 Å². The predicted octanol–water partition coefficient (Wildman–Crippen LogP) is 2.03. The molecule has 0 aliphatic rings. The smallest absolute Gasteiger partial charge is 0.303 e.